The number of benzene rings is 1. The Bertz CT molecular complexity index is 774. The van der Waals surface area contributed by atoms with E-state index in [4.69, 9.17) is 0 Å². The van der Waals surface area contributed by atoms with Crippen LogP contribution in [0.4, 0.5) is 5.69 Å². The van der Waals surface area contributed by atoms with E-state index in [2.05, 4.69) is 5.10 Å². The summed E-state index contributed by atoms with van der Waals surface area (Å²) in [4.78, 5) is 23.9. The minimum Gasteiger partial charge on any atom is -0.311 e. The molecule has 1 aromatic heterocycles. The second kappa shape index (κ2) is 4.05. The first-order chi connectivity index (χ1) is 9.08. The molecule has 96 valence electrons. The highest BCUT2D eigenvalue weighted by Crippen LogP contribution is 2.27. The molecule has 5 heteroatoms. The predicted molar refractivity (Wildman–Crippen MR) is 74.4 cm³/mol. The number of aryl methyl sites for hydroxylation is 1. The number of carbonyl (C=O) groups excluding carboxylic acids is 1. The lowest BCUT2D eigenvalue weighted by molar-refractivity contribution is -0.116. The van der Waals surface area contributed by atoms with Gasteiger partial charge < -0.3 is 4.57 Å². The Morgan fingerprint density at radius 1 is 1.21 bits per heavy atom. The summed E-state index contributed by atoms with van der Waals surface area (Å²) >= 11 is 0. The first-order valence-electron chi connectivity index (χ1n) is 6.04. The van der Waals surface area contributed by atoms with Crippen LogP contribution in [0.2, 0.25) is 0 Å². The number of hydrogen-bond donors (Lipinski definition) is 0. The van der Waals surface area contributed by atoms with Gasteiger partial charge in [0.25, 0.3) is 11.5 Å². The number of rotatable bonds is 1. The van der Waals surface area contributed by atoms with Gasteiger partial charge in [-0.15, -0.1) is 0 Å². The number of amides is 1. The maximum atomic E-state index is 12.0. The number of hydrogen-bond acceptors (Lipinski definition) is 3. The molecule has 0 radical (unpaired) electrons. The normalized spacial score (nSPS) is 15.2. The predicted octanol–water partition coefficient (Wildman–Crippen LogP) is 1.65. The summed E-state index contributed by atoms with van der Waals surface area (Å²) in [5, 5.41) is 6.39. The molecule has 0 fully saturated rings. The molecule has 5 nitrogen and oxygen atoms in total. The lowest BCUT2D eigenvalue weighted by Crippen LogP contribution is -2.24. The minimum atomic E-state index is -0.152. The molecule has 19 heavy (non-hydrogen) atoms. The van der Waals surface area contributed by atoms with Crippen molar-refractivity contribution in [3.8, 4) is 0 Å². The van der Waals surface area contributed by atoms with Crippen LogP contribution in [-0.4, -0.2) is 16.2 Å². The SMILES string of the molecule is CC1=NN(c2cc(=O)n(C)c3ccccc23)C(=O)C1. The molecule has 0 atom stereocenters. The summed E-state index contributed by atoms with van der Waals surface area (Å²) in [7, 11) is 1.72. The maximum absolute atomic E-state index is 12.0. The molecule has 1 aliphatic rings. The summed E-state index contributed by atoms with van der Waals surface area (Å²) in [6.45, 7) is 1.81. The fourth-order valence-electron chi connectivity index (χ4n) is 2.31. The maximum Gasteiger partial charge on any atom is 0.253 e. The minimum absolute atomic E-state index is 0.101. The standard InChI is InChI=1S/C14H13N3O2/c1-9-7-14(19)17(15-9)12-8-13(18)16(2)11-6-4-3-5-10(11)12/h3-6,8H,7H2,1-2H3. The van der Waals surface area contributed by atoms with Gasteiger partial charge in [0, 0.05) is 24.2 Å². The van der Waals surface area contributed by atoms with Gasteiger partial charge in [-0.3, -0.25) is 9.59 Å². The zero-order valence-electron chi connectivity index (χ0n) is 10.8. The Hall–Kier alpha value is -2.43. The molecule has 2 heterocycles. The van der Waals surface area contributed by atoms with Gasteiger partial charge in [-0.25, -0.2) is 0 Å². The van der Waals surface area contributed by atoms with Gasteiger partial charge in [0.15, 0.2) is 0 Å². The van der Waals surface area contributed by atoms with Crippen molar-refractivity contribution in [1.82, 2.24) is 4.57 Å². The summed E-state index contributed by atoms with van der Waals surface area (Å²) in [6.07, 6.45) is 0.309. The summed E-state index contributed by atoms with van der Waals surface area (Å²) in [5.41, 5.74) is 1.95. The van der Waals surface area contributed by atoms with Gasteiger partial charge in [0.1, 0.15) is 0 Å². The average Bonchev–Trinajstić information content (AvgIpc) is 2.73. The highest BCUT2D eigenvalue weighted by molar-refractivity contribution is 6.14. The van der Waals surface area contributed by atoms with Crippen LogP contribution < -0.4 is 10.6 Å². The van der Waals surface area contributed by atoms with E-state index in [0.717, 1.165) is 16.6 Å². The van der Waals surface area contributed by atoms with Crippen molar-refractivity contribution in [2.45, 2.75) is 13.3 Å². The number of para-hydroxylation sites is 1. The monoisotopic (exact) mass is 255 g/mol. The van der Waals surface area contributed by atoms with Crippen LogP contribution >= 0.6 is 0 Å². The van der Waals surface area contributed by atoms with Gasteiger partial charge in [-0.1, -0.05) is 18.2 Å². The summed E-state index contributed by atoms with van der Waals surface area (Å²) in [6, 6.07) is 8.96. The molecule has 3 rings (SSSR count). The molecule has 2 aromatic rings. The van der Waals surface area contributed by atoms with E-state index in [1.807, 2.05) is 24.3 Å². The fourth-order valence-corrected chi connectivity index (χ4v) is 2.31. The Morgan fingerprint density at radius 3 is 2.63 bits per heavy atom. The third-order valence-corrected chi connectivity index (χ3v) is 3.27. The Kier molecular flexibility index (Phi) is 2.48. The number of nitrogens with zero attached hydrogens (tertiary/aromatic N) is 3. The molecule has 0 bridgehead atoms. The van der Waals surface area contributed by atoms with E-state index < -0.39 is 0 Å². The van der Waals surface area contributed by atoms with Crippen molar-refractivity contribution in [2.24, 2.45) is 12.1 Å². The quantitative estimate of drug-likeness (QED) is 0.778. The number of hydrazone groups is 1. The third-order valence-electron chi connectivity index (χ3n) is 3.27. The lowest BCUT2D eigenvalue weighted by Gasteiger charge is -2.15. The van der Waals surface area contributed by atoms with E-state index in [1.54, 1.807) is 18.5 Å². The van der Waals surface area contributed by atoms with Gasteiger partial charge >= 0.3 is 0 Å². The number of fused-ring (bicyclic) bond motifs is 1. The second-order valence-corrected chi connectivity index (χ2v) is 4.66. The van der Waals surface area contributed by atoms with Crippen LogP contribution in [0.25, 0.3) is 10.9 Å². The van der Waals surface area contributed by atoms with Crippen LogP contribution in [-0.2, 0) is 11.8 Å². The fraction of sp³-hybridized carbons (Fsp3) is 0.214. The molecule has 1 aromatic carbocycles. The molecule has 0 saturated heterocycles. The third kappa shape index (κ3) is 1.74. The smallest absolute Gasteiger partial charge is 0.253 e. The Morgan fingerprint density at radius 2 is 1.95 bits per heavy atom. The van der Waals surface area contributed by atoms with E-state index in [1.165, 1.54) is 11.1 Å². The number of anilines is 1. The molecular weight excluding hydrogens is 242 g/mol. The van der Waals surface area contributed by atoms with Crippen molar-refractivity contribution >= 4 is 28.2 Å². The summed E-state index contributed by atoms with van der Waals surface area (Å²) in [5.74, 6) is -0.101. The zero-order chi connectivity index (χ0) is 13.6. The van der Waals surface area contributed by atoms with Crippen molar-refractivity contribution in [3.63, 3.8) is 0 Å². The van der Waals surface area contributed by atoms with Crippen LogP contribution in [0, 0.1) is 0 Å². The van der Waals surface area contributed by atoms with Gasteiger partial charge in [-0.2, -0.15) is 10.1 Å². The number of carbonyl (C=O) groups is 1. The summed E-state index contributed by atoms with van der Waals surface area (Å²) < 4.78 is 1.57. The van der Waals surface area contributed by atoms with E-state index in [0.29, 0.717) is 12.1 Å². The highest BCUT2D eigenvalue weighted by Gasteiger charge is 2.25. The van der Waals surface area contributed by atoms with Gasteiger partial charge in [0.05, 0.1) is 17.6 Å². The Balaban J connectivity index is 2.33. The average molecular weight is 255 g/mol. The van der Waals surface area contributed by atoms with Crippen LogP contribution in [0.5, 0.6) is 0 Å². The molecule has 0 saturated carbocycles. The largest absolute Gasteiger partial charge is 0.311 e. The molecular formula is C14H13N3O2. The first kappa shape index (κ1) is 11.6. The van der Waals surface area contributed by atoms with Crippen molar-refractivity contribution in [2.75, 3.05) is 5.01 Å². The van der Waals surface area contributed by atoms with E-state index in [9.17, 15) is 9.59 Å². The number of aromatic nitrogens is 1. The zero-order valence-corrected chi connectivity index (χ0v) is 10.8. The van der Waals surface area contributed by atoms with Crippen molar-refractivity contribution < 1.29 is 4.79 Å². The van der Waals surface area contributed by atoms with Crippen molar-refractivity contribution in [1.29, 1.82) is 0 Å². The topological polar surface area (TPSA) is 54.7 Å². The first-order valence-corrected chi connectivity index (χ1v) is 6.04. The molecule has 0 N–H and O–H groups in total. The van der Waals surface area contributed by atoms with Gasteiger partial charge in [0.2, 0.25) is 0 Å². The number of pyridine rings is 1. The molecule has 1 amide bonds. The molecule has 0 aliphatic carbocycles. The Labute approximate surface area is 109 Å². The van der Waals surface area contributed by atoms with Crippen LogP contribution in [0.15, 0.2) is 40.2 Å². The van der Waals surface area contributed by atoms with Crippen LogP contribution in [0.1, 0.15) is 13.3 Å². The highest BCUT2D eigenvalue weighted by atomic mass is 16.2. The van der Waals surface area contributed by atoms with Crippen LogP contribution in [0.3, 0.4) is 0 Å². The van der Waals surface area contributed by atoms with Crippen molar-refractivity contribution in [3.05, 3.63) is 40.7 Å². The van der Waals surface area contributed by atoms with E-state index in [-0.39, 0.29) is 11.5 Å². The second-order valence-electron chi connectivity index (χ2n) is 4.66. The van der Waals surface area contributed by atoms with Gasteiger partial charge in [-0.05, 0) is 13.0 Å². The molecule has 0 spiro atoms. The lowest BCUT2D eigenvalue weighted by atomic mass is 10.1. The molecule has 1 aliphatic heterocycles. The molecule has 0 unspecified atom stereocenters. The van der Waals surface area contributed by atoms with E-state index >= 15 is 0 Å².